The van der Waals surface area contributed by atoms with Gasteiger partial charge >= 0.3 is 29.8 Å². The number of esters is 3. The minimum absolute atomic E-state index is 0.0940. The lowest BCUT2D eigenvalue weighted by Crippen LogP contribution is -2.69. The van der Waals surface area contributed by atoms with Crippen molar-refractivity contribution >= 4 is 29.8 Å². The van der Waals surface area contributed by atoms with Crippen LogP contribution in [-0.2, 0) is 56.6 Å². The number of likely N-dealkylation sites (tertiary alicyclic amines) is 1. The highest BCUT2D eigenvalue weighted by Gasteiger charge is 2.70. The second kappa shape index (κ2) is 12.0. The molecule has 15 nitrogen and oxygen atoms in total. The second-order valence-corrected chi connectivity index (χ2v) is 11.9. The molecule has 5 rings (SSSR count). The van der Waals surface area contributed by atoms with Gasteiger partial charge in [0.25, 0.3) is 0 Å². The fourth-order valence-corrected chi connectivity index (χ4v) is 7.18. The molecule has 45 heavy (non-hydrogen) atoms. The van der Waals surface area contributed by atoms with Crippen LogP contribution in [0.3, 0.4) is 0 Å². The largest absolute Gasteiger partial charge is 0.481 e. The van der Waals surface area contributed by atoms with Gasteiger partial charge in [-0.15, -0.1) is 0 Å². The lowest BCUT2D eigenvalue weighted by molar-refractivity contribution is -0.181. The Bertz CT molecular complexity index is 1460. The number of likely N-dealkylation sites (N-methyl/N-ethyl adjacent to an activating group) is 1. The van der Waals surface area contributed by atoms with E-state index in [-0.39, 0.29) is 24.8 Å². The standard InChI is InChI=1S/C30H35NO14/c1-14(27(39)44-19(26(37)38)12-21(34)35)42-28(40)17(33)11-22(36)43-18-6-8-30(41)20-10-15-4-5-16(13-32)24-23(15)29(30,25(18)45-24)7-3-9-31(20)2/h4-6,14,17,19-20,25,32-33,41H,3,7-13H2,1-2H3,(H,34,35)(H,37,38)/t14-,17-,19+,20+,25-,29-,30+/m0/s1. The van der Waals surface area contributed by atoms with E-state index in [9.17, 15) is 39.3 Å². The average Bonchev–Trinajstić information content (AvgIpc) is 3.31. The number of carbonyl (C=O) groups excluding carboxylic acids is 3. The molecule has 0 aromatic heterocycles. The van der Waals surface area contributed by atoms with Crippen molar-refractivity contribution in [2.45, 2.75) is 93.5 Å². The summed E-state index contributed by atoms with van der Waals surface area (Å²) in [6.07, 6.45) is -5.18. The zero-order valence-electron chi connectivity index (χ0n) is 24.6. The molecule has 2 heterocycles. The molecule has 1 saturated heterocycles. The number of carboxylic acid groups (broad SMARTS) is 2. The Labute approximate surface area is 256 Å². The Kier molecular flexibility index (Phi) is 8.65. The van der Waals surface area contributed by atoms with E-state index < -0.39 is 78.1 Å². The molecule has 2 aliphatic heterocycles. The van der Waals surface area contributed by atoms with E-state index in [4.69, 9.17) is 24.4 Å². The number of hydrogen-bond donors (Lipinski definition) is 5. The third-order valence-corrected chi connectivity index (χ3v) is 9.23. The third kappa shape index (κ3) is 5.43. The number of benzene rings is 1. The molecule has 0 radical (unpaired) electrons. The summed E-state index contributed by atoms with van der Waals surface area (Å²) in [5, 5.41) is 50.6. The highest BCUT2D eigenvalue weighted by molar-refractivity contribution is 5.87. The van der Waals surface area contributed by atoms with Gasteiger partial charge < -0.3 is 49.4 Å². The van der Waals surface area contributed by atoms with E-state index in [0.717, 1.165) is 24.6 Å². The van der Waals surface area contributed by atoms with Gasteiger partial charge in [0, 0.05) is 23.6 Å². The first-order valence-electron chi connectivity index (χ1n) is 14.5. The monoisotopic (exact) mass is 633 g/mol. The Morgan fingerprint density at radius 3 is 2.51 bits per heavy atom. The normalized spacial score (nSPS) is 28.2. The van der Waals surface area contributed by atoms with Gasteiger partial charge in [-0.2, -0.15) is 0 Å². The summed E-state index contributed by atoms with van der Waals surface area (Å²) in [4.78, 5) is 61.6. The Morgan fingerprint density at radius 1 is 1.11 bits per heavy atom. The molecule has 1 fully saturated rings. The molecule has 0 unspecified atom stereocenters. The number of aliphatic carboxylic acids is 2. The molecular formula is C30H35NO14. The molecule has 0 saturated carbocycles. The van der Waals surface area contributed by atoms with Crippen molar-refractivity contribution < 1.29 is 68.5 Å². The van der Waals surface area contributed by atoms with E-state index in [1.807, 2.05) is 13.1 Å². The number of aliphatic hydroxyl groups is 3. The van der Waals surface area contributed by atoms with Crippen molar-refractivity contribution in [2.24, 2.45) is 0 Å². The van der Waals surface area contributed by atoms with Crippen molar-refractivity contribution in [1.82, 2.24) is 4.90 Å². The molecule has 15 heteroatoms. The molecule has 5 N–H and O–H groups in total. The molecule has 1 aromatic carbocycles. The Morgan fingerprint density at radius 2 is 1.84 bits per heavy atom. The van der Waals surface area contributed by atoms with Gasteiger partial charge in [-0.3, -0.25) is 9.59 Å². The van der Waals surface area contributed by atoms with Crippen LogP contribution in [-0.4, -0.2) is 110 Å². The summed E-state index contributed by atoms with van der Waals surface area (Å²) in [5.41, 5.74) is 0.0494. The van der Waals surface area contributed by atoms with Crippen LogP contribution in [0.4, 0.5) is 0 Å². The number of carboxylic acids is 2. The number of nitrogens with zero attached hydrogens (tertiary/aromatic N) is 1. The molecule has 1 aromatic rings. The van der Waals surface area contributed by atoms with Crippen LogP contribution in [0.15, 0.2) is 24.0 Å². The van der Waals surface area contributed by atoms with Crippen molar-refractivity contribution in [3.05, 3.63) is 40.7 Å². The van der Waals surface area contributed by atoms with E-state index >= 15 is 0 Å². The number of rotatable bonds is 11. The highest BCUT2D eigenvalue weighted by atomic mass is 16.6. The number of aliphatic hydroxyl groups excluding tert-OH is 2. The predicted molar refractivity (Wildman–Crippen MR) is 148 cm³/mol. The molecule has 1 spiro atoms. The van der Waals surface area contributed by atoms with E-state index in [1.54, 1.807) is 12.1 Å². The van der Waals surface area contributed by atoms with Crippen LogP contribution in [0.5, 0.6) is 5.75 Å². The third-order valence-electron chi connectivity index (χ3n) is 9.23. The average molecular weight is 634 g/mol. The fourth-order valence-electron chi connectivity index (χ4n) is 7.18. The van der Waals surface area contributed by atoms with Crippen LogP contribution in [0.2, 0.25) is 0 Å². The fraction of sp³-hybridized carbons (Fsp3) is 0.567. The minimum atomic E-state index is -2.08. The molecule has 2 aliphatic carbocycles. The molecule has 2 bridgehead atoms. The Balaban J connectivity index is 1.29. The summed E-state index contributed by atoms with van der Waals surface area (Å²) in [5.74, 6) is -6.53. The van der Waals surface area contributed by atoms with Crippen LogP contribution < -0.4 is 4.74 Å². The number of ether oxygens (including phenoxy) is 4. The van der Waals surface area contributed by atoms with Crippen molar-refractivity contribution in [1.29, 1.82) is 0 Å². The van der Waals surface area contributed by atoms with Crippen LogP contribution in [0, 0.1) is 0 Å². The van der Waals surface area contributed by atoms with Gasteiger partial charge in [0.2, 0.25) is 6.10 Å². The summed E-state index contributed by atoms with van der Waals surface area (Å²) in [7, 11) is 1.96. The van der Waals surface area contributed by atoms with Crippen LogP contribution in [0.1, 0.15) is 55.7 Å². The summed E-state index contributed by atoms with van der Waals surface area (Å²) in [6.45, 7) is 1.44. The molecule has 4 aliphatic rings. The molecule has 244 valence electrons. The number of hydrogen-bond acceptors (Lipinski definition) is 13. The van der Waals surface area contributed by atoms with Crippen molar-refractivity contribution in [2.75, 3.05) is 13.6 Å². The topological polar surface area (TPSA) is 227 Å². The smallest absolute Gasteiger partial charge is 0.348 e. The van der Waals surface area contributed by atoms with E-state index in [0.29, 0.717) is 30.6 Å². The first kappa shape index (κ1) is 32.3. The maximum atomic E-state index is 13.0. The lowest BCUT2D eigenvalue weighted by atomic mass is 9.52. The SMILES string of the molecule is C[C@H](OC(=O)[C@@H](O)CC(=O)OC1=CC[C@@]2(O)[C@H]3Cc4ccc(CO)c5c4[C@@]2(CCCN3C)[C@H]1O5)C(=O)O[C@H](CC(=O)O)C(=O)O. The van der Waals surface area contributed by atoms with Crippen LogP contribution in [0.25, 0.3) is 0 Å². The van der Waals surface area contributed by atoms with Gasteiger partial charge in [0.1, 0.15) is 11.5 Å². The lowest BCUT2D eigenvalue weighted by Gasteiger charge is -2.56. The molecule has 0 amide bonds. The van der Waals surface area contributed by atoms with Gasteiger partial charge in [-0.1, -0.05) is 12.1 Å². The summed E-state index contributed by atoms with van der Waals surface area (Å²) >= 11 is 0. The maximum Gasteiger partial charge on any atom is 0.348 e. The van der Waals surface area contributed by atoms with Gasteiger partial charge in [0.05, 0.1) is 30.5 Å². The van der Waals surface area contributed by atoms with E-state index in [2.05, 4.69) is 9.64 Å². The van der Waals surface area contributed by atoms with Crippen molar-refractivity contribution in [3.8, 4) is 5.75 Å². The highest BCUT2D eigenvalue weighted by Crippen LogP contribution is 2.64. The van der Waals surface area contributed by atoms with Crippen LogP contribution >= 0.6 is 0 Å². The molecular weight excluding hydrogens is 598 g/mol. The zero-order valence-corrected chi connectivity index (χ0v) is 24.6. The Hall–Kier alpha value is -4.05. The maximum absolute atomic E-state index is 13.0. The van der Waals surface area contributed by atoms with Gasteiger partial charge in [0.15, 0.2) is 18.3 Å². The first-order valence-corrected chi connectivity index (χ1v) is 14.5. The zero-order chi connectivity index (χ0) is 32.8. The van der Waals surface area contributed by atoms with Crippen molar-refractivity contribution in [3.63, 3.8) is 0 Å². The minimum Gasteiger partial charge on any atom is -0.481 e. The van der Waals surface area contributed by atoms with Gasteiger partial charge in [-0.05, 0) is 51.4 Å². The predicted octanol–water partition coefficient (Wildman–Crippen LogP) is -0.456. The molecule has 7 atom stereocenters. The number of carbonyl (C=O) groups is 5. The quantitative estimate of drug-likeness (QED) is 0.154. The second-order valence-electron chi connectivity index (χ2n) is 11.9. The summed E-state index contributed by atoms with van der Waals surface area (Å²) < 4.78 is 21.4. The first-order chi connectivity index (χ1) is 21.2. The van der Waals surface area contributed by atoms with E-state index in [1.165, 1.54) is 0 Å². The summed E-state index contributed by atoms with van der Waals surface area (Å²) in [6, 6.07) is 3.46. The van der Waals surface area contributed by atoms with Gasteiger partial charge in [-0.25, -0.2) is 14.4 Å².